The number of hydrogen-bond donors (Lipinski definition) is 0. The summed E-state index contributed by atoms with van der Waals surface area (Å²) >= 11 is 8.96. The summed E-state index contributed by atoms with van der Waals surface area (Å²) in [5.74, 6) is -0.392. The zero-order chi connectivity index (χ0) is 10.8. The summed E-state index contributed by atoms with van der Waals surface area (Å²) in [4.78, 5) is 0. The lowest BCUT2D eigenvalue weighted by Gasteiger charge is -2.02. The van der Waals surface area contributed by atoms with Crippen LogP contribution in [-0.2, 0) is 0 Å². The van der Waals surface area contributed by atoms with Gasteiger partial charge in [0.15, 0.2) is 0 Å². The van der Waals surface area contributed by atoms with Crippen LogP contribution in [0.4, 0.5) is 4.39 Å². The molecule has 76 valence electrons. The van der Waals surface area contributed by atoms with Gasteiger partial charge in [0.2, 0.25) is 0 Å². The fraction of sp³-hybridized carbons (Fsp3) is 0. The Bertz CT molecular complexity index is 479. The summed E-state index contributed by atoms with van der Waals surface area (Å²) in [6.07, 6.45) is 0. The molecule has 0 unspecified atom stereocenters. The third-order valence-electron chi connectivity index (χ3n) is 2.10. The summed E-state index contributed by atoms with van der Waals surface area (Å²) in [7, 11) is 0. The number of hydrogen-bond acceptors (Lipinski definition) is 0. The molecule has 0 N–H and O–H groups in total. The summed E-state index contributed by atoms with van der Waals surface area (Å²) in [6, 6.07) is 12.5. The van der Waals surface area contributed by atoms with Crippen molar-refractivity contribution in [3.63, 3.8) is 0 Å². The molecule has 0 aromatic heterocycles. The van der Waals surface area contributed by atoms with E-state index in [-0.39, 0.29) is 5.02 Å². The fourth-order valence-corrected chi connectivity index (χ4v) is 1.70. The van der Waals surface area contributed by atoms with Crippen molar-refractivity contribution in [1.29, 1.82) is 0 Å². The van der Waals surface area contributed by atoms with E-state index in [9.17, 15) is 4.39 Å². The summed E-state index contributed by atoms with van der Waals surface area (Å²) in [6.45, 7) is 0. The van der Waals surface area contributed by atoms with E-state index in [0.717, 1.165) is 15.6 Å². The van der Waals surface area contributed by atoms with E-state index in [0.29, 0.717) is 0 Å². The summed E-state index contributed by atoms with van der Waals surface area (Å²) in [5.41, 5.74) is 1.79. The van der Waals surface area contributed by atoms with Gasteiger partial charge in [-0.15, -0.1) is 0 Å². The quantitative estimate of drug-likeness (QED) is 0.698. The van der Waals surface area contributed by atoms with E-state index in [4.69, 9.17) is 11.6 Å². The second-order valence-electron chi connectivity index (χ2n) is 3.14. The lowest BCUT2D eigenvalue weighted by atomic mass is 10.1. The Kier molecular flexibility index (Phi) is 3.08. The standard InChI is InChI=1S/C12H7BrClF/c13-10-4-1-8(2-5-10)9-3-6-11(14)12(15)7-9/h1-7H. The van der Waals surface area contributed by atoms with Crippen molar-refractivity contribution < 1.29 is 4.39 Å². The van der Waals surface area contributed by atoms with Gasteiger partial charge in [0.1, 0.15) is 5.82 Å². The minimum atomic E-state index is -0.392. The van der Waals surface area contributed by atoms with Gasteiger partial charge in [-0.3, -0.25) is 0 Å². The van der Waals surface area contributed by atoms with Crippen LogP contribution in [0.1, 0.15) is 0 Å². The number of rotatable bonds is 1. The monoisotopic (exact) mass is 284 g/mol. The van der Waals surface area contributed by atoms with Gasteiger partial charge in [0.05, 0.1) is 5.02 Å². The van der Waals surface area contributed by atoms with Crippen LogP contribution >= 0.6 is 27.5 Å². The van der Waals surface area contributed by atoms with Gasteiger partial charge in [-0.05, 0) is 35.4 Å². The third kappa shape index (κ3) is 2.39. The normalized spacial score (nSPS) is 10.3. The lowest BCUT2D eigenvalue weighted by Crippen LogP contribution is -1.81. The van der Waals surface area contributed by atoms with Gasteiger partial charge < -0.3 is 0 Å². The van der Waals surface area contributed by atoms with E-state index in [2.05, 4.69) is 15.9 Å². The molecule has 0 aliphatic carbocycles. The van der Waals surface area contributed by atoms with Crippen molar-refractivity contribution >= 4 is 27.5 Å². The molecular formula is C12H7BrClF. The molecule has 3 heteroatoms. The molecule has 0 heterocycles. The zero-order valence-corrected chi connectivity index (χ0v) is 10.0. The molecule has 0 aliphatic rings. The largest absolute Gasteiger partial charge is 0.205 e. The Hall–Kier alpha value is -0.860. The van der Waals surface area contributed by atoms with Crippen molar-refractivity contribution in [3.8, 4) is 11.1 Å². The van der Waals surface area contributed by atoms with Crippen LogP contribution in [-0.4, -0.2) is 0 Å². The fourth-order valence-electron chi connectivity index (χ4n) is 1.32. The summed E-state index contributed by atoms with van der Waals surface area (Å²) in [5, 5.41) is 0.149. The average molecular weight is 286 g/mol. The Labute approximate surface area is 101 Å². The first-order valence-corrected chi connectivity index (χ1v) is 5.55. The van der Waals surface area contributed by atoms with Crippen molar-refractivity contribution in [2.45, 2.75) is 0 Å². The van der Waals surface area contributed by atoms with Gasteiger partial charge in [-0.25, -0.2) is 4.39 Å². The first-order valence-electron chi connectivity index (χ1n) is 4.38. The smallest absolute Gasteiger partial charge is 0.142 e. The van der Waals surface area contributed by atoms with Crippen LogP contribution in [0, 0.1) is 5.82 Å². The van der Waals surface area contributed by atoms with Crippen molar-refractivity contribution in [2.75, 3.05) is 0 Å². The van der Waals surface area contributed by atoms with Gasteiger partial charge in [-0.1, -0.05) is 45.7 Å². The minimum absolute atomic E-state index is 0.149. The van der Waals surface area contributed by atoms with E-state index < -0.39 is 5.82 Å². The molecular weight excluding hydrogens is 278 g/mol. The Morgan fingerprint density at radius 2 is 1.53 bits per heavy atom. The highest BCUT2D eigenvalue weighted by Crippen LogP contribution is 2.25. The molecule has 0 saturated carbocycles. The van der Waals surface area contributed by atoms with Crippen molar-refractivity contribution in [3.05, 3.63) is 57.8 Å². The SMILES string of the molecule is Fc1cc(-c2ccc(Br)cc2)ccc1Cl. The maximum atomic E-state index is 13.2. The predicted octanol–water partition coefficient (Wildman–Crippen LogP) is 4.91. The molecule has 0 spiro atoms. The molecule has 0 atom stereocenters. The first-order chi connectivity index (χ1) is 7.16. The molecule has 2 rings (SSSR count). The van der Waals surface area contributed by atoms with Gasteiger partial charge in [-0.2, -0.15) is 0 Å². The van der Waals surface area contributed by atoms with Crippen LogP contribution < -0.4 is 0 Å². The lowest BCUT2D eigenvalue weighted by molar-refractivity contribution is 0.629. The molecule has 0 bridgehead atoms. The Morgan fingerprint density at radius 1 is 0.933 bits per heavy atom. The molecule has 0 fully saturated rings. The highest BCUT2D eigenvalue weighted by atomic mass is 79.9. The van der Waals surface area contributed by atoms with Gasteiger partial charge >= 0.3 is 0 Å². The molecule has 0 nitrogen and oxygen atoms in total. The Balaban J connectivity index is 2.45. The van der Waals surface area contributed by atoms with Crippen molar-refractivity contribution in [1.82, 2.24) is 0 Å². The molecule has 2 aromatic rings. The van der Waals surface area contributed by atoms with Crippen LogP contribution in [0.5, 0.6) is 0 Å². The second kappa shape index (κ2) is 4.33. The minimum Gasteiger partial charge on any atom is -0.205 e. The molecule has 0 amide bonds. The first kappa shape index (κ1) is 10.7. The van der Waals surface area contributed by atoms with Gasteiger partial charge in [0, 0.05) is 4.47 Å². The number of benzene rings is 2. The van der Waals surface area contributed by atoms with Crippen LogP contribution in [0.25, 0.3) is 11.1 Å². The van der Waals surface area contributed by atoms with Gasteiger partial charge in [0.25, 0.3) is 0 Å². The highest BCUT2D eigenvalue weighted by molar-refractivity contribution is 9.10. The maximum Gasteiger partial charge on any atom is 0.142 e. The van der Waals surface area contributed by atoms with E-state index in [1.807, 2.05) is 24.3 Å². The molecule has 0 saturated heterocycles. The predicted molar refractivity (Wildman–Crippen MR) is 64.5 cm³/mol. The Morgan fingerprint density at radius 3 is 2.13 bits per heavy atom. The second-order valence-corrected chi connectivity index (χ2v) is 4.46. The number of halogens is 3. The van der Waals surface area contributed by atoms with Crippen LogP contribution in [0.2, 0.25) is 5.02 Å². The third-order valence-corrected chi connectivity index (χ3v) is 2.93. The van der Waals surface area contributed by atoms with E-state index in [1.54, 1.807) is 12.1 Å². The topological polar surface area (TPSA) is 0 Å². The van der Waals surface area contributed by atoms with E-state index >= 15 is 0 Å². The zero-order valence-electron chi connectivity index (χ0n) is 7.68. The maximum absolute atomic E-state index is 13.2. The molecule has 0 aliphatic heterocycles. The van der Waals surface area contributed by atoms with E-state index in [1.165, 1.54) is 6.07 Å². The molecule has 15 heavy (non-hydrogen) atoms. The average Bonchev–Trinajstić information content (AvgIpc) is 2.23. The molecule has 2 aromatic carbocycles. The highest BCUT2D eigenvalue weighted by Gasteiger charge is 2.02. The summed E-state index contributed by atoms with van der Waals surface area (Å²) < 4.78 is 14.2. The van der Waals surface area contributed by atoms with Crippen LogP contribution in [0.3, 0.4) is 0 Å². The molecule has 0 radical (unpaired) electrons. The van der Waals surface area contributed by atoms with Crippen molar-refractivity contribution in [2.24, 2.45) is 0 Å². The van der Waals surface area contributed by atoms with Crippen LogP contribution in [0.15, 0.2) is 46.9 Å².